The molecule has 0 amide bonds. The highest BCUT2D eigenvalue weighted by Gasteiger charge is 2.11. The number of rotatable bonds is 4. The minimum absolute atomic E-state index is 0.0713. The van der Waals surface area contributed by atoms with E-state index in [1.165, 1.54) is 12.1 Å². The van der Waals surface area contributed by atoms with Crippen LogP contribution in [0.25, 0.3) is 0 Å². The van der Waals surface area contributed by atoms with Crippen LogP contribution in [0, 0.1) is 10.1 Å². The van der Waals surface area contributed by atoms with E-state index in [4.69, 9.17) is 0 Å². The van der Waals surface area contributed by atoms with Crippen molar-refractivity contribution in [3.05, 3.63) is 27.1 Å². The van der Waals surface area contributed by atoms with Crippen LogP contribution in [-0.4, -0.2) is 13.3 Å². The van der Waals surface area contributed by atoms with Gasteiger partial charge >= 0.3 is 15.3 Å². The van der Waals surface area contributed by atoms with Gasteiger partial charge in [-0.15, -0.1) is 0 Å². The number of thiophene rings is 1. The normalized spacial score (nSPS) is 11.5. The van der Waals surface area contributed by atoms with Gasteiger partial charge < -0.3 is 0 Å². The number of hydrogen-bond acceptors (Lipinski definition) is 6. The van der Waals surface area contributed by atoms with E-state index in [1.807, 2.05) is 0 Å². The topological polar surface area (TPSA) is 113 Å². The second-order valence-corrected chi connectivity index (χ2v) is 4.62. The summed E-state index contributed by atoms with van der Waals surface area (Å²) >= 11 is 0.838. The van der Waals surface area contributed by atoms with Gasteiger partial charge in [0.1, 0.15) is 6.61 Å². The molecule has 1 aromatic rings. The van der Waals surface area contributed by atoms with E-state index in [0.29, 0.717) is 4.88 Å². The van der Waals surface area contributed by atoms with Crippen LogP contribution in [-0.2, 0) is 21.1 Å². The van der Waals surface area contributed by atoms with Gasteiger partial charge in [0.25, 0.3) is 0 Å². The third-order valence-corrected chi connectivity index (χ3v) is 2.65. The summed E-state index contributed by atoms with van der Waals surface area (Å²) in [5, 5.41) is 14.7. The molecule has 0 aliphatic rings. The molecule has 0 aromatic carbocycles. The van der Waals surface area contributed by atoms with Crippen LogP contribution >= 0.6 is 11.3 Å². The fourth-order valence-corrected chi connectivity index (χ4v) is 1.78. The van der Waals surface area contributed by atoms with Crippen molar-refractivity contribution < 1.29 is 17.5 Å². The second-order valence-electron chi connectivity index (χ2n) is 2.25. The average Bonchev–Trinajstić information content (AvgIpc) is 2.47. The molecule has 0 saturated heterocycles. The van der Waals surface area contributed by atoms with E-state index in [-0.39, 0.29) is 11.6 Å². The minimum atomic E-state index is -4.00. The summed E-state index contributed by atoms with van der Waals surface area (Å²) in [7, 11) is -4.00. The Morgan fingerprint density at radius 2 is 2.21 bits per heavy atom. The molecule has 0 unspecified atom stereocenters. The number of hydrogen-bond donors (Lipinski definition) is 1. The third kappa shape index (κ3) is 3.38. The monoisotopic (exact) mass is 238 g/mol. The zero-order valence-electron chi connectivity index (χ0n) is 6.74. The highest BCUT2D eigenvalue weighted by molar-refractivity contribution is 7.84. The molecule has 9 heteroatoms. The van der Waals surface area contributed by atoms with Crippen LogP contribution in [0.15, 0.2) is 12.1 Å². The molecule has 14 heavy (non-hydrogen) atoms. The Morgan fingerprint density at radius 3 is 2.64 bits per heavy atom. The molecule has 0 aliphatic carbocycles. The molecule has 7 nitrogen and oxygen atoms in total. The molecule has 0 saturated carbocycles. The first kappa shape index (κ1) is 11.0. The Labute approximate surface area is 83.5 Å². The van der Waals surface area contributed by atoms with Crippen molar-refractivity contribution in [2.75, 3.05) is 0 Å². The van der Waals surface area contributed by atoms with Gasteiger partial charge in [0, 0.05) is 10.9 Å². The number of nitrogens with zero attached hydrogens (tertiary/aromatic N) is 1. The molecule has 1 aromatic heterocycles. The molecule has 0 bridgehead atoms. The predicted molar refractivity (Wildman–Crippen MR) is 48.9 cm³/mol. The zero-order chi connectivity index (χ0) is 10.8. The molecule has 1 heterocycles. The highest BCUT2D eigenvalue weighted by atomic mass is 32.2. The van der Waals surface area contributed by atoms with Crippen molar-refractivity contribution in [1.29, 1.82) is 0 Å². The Morgan fingerprint density at radius 1 is 1.57 bits per heavy atom. The maximum atomic E-state index is 10.4. The lowest BCUT2D eigenvalue weighted by molar-refractivity contribution is -0.380. The first-order valence-electron chi connectivity index (χ1n) is 3.29. The van der Waals surface area contributed by atoms with Crippen LogP contribution < -0.4 is 5.14 Å². The molecule has 78 valence electrons. The van der Waals surface area contributed by atoms with E-state index in [2.05, 4.69) is 9.32 Å². The van der Waals surface area contributed by atoms with Crippen molar-refractivity contribution in [3.63, 3.8) is 0 Å². The summed E-state index contributed by atoms with van der Waals surface area (Å²) in [5.41, 5.74) is 0. The molecule has 2 N–H and O–H groups in total. The van der Waals surface area contributed by atoms with Gasteiger partial charge in [-0.3, -0.25) is 14.3 Å². The van der Waals surface area contributed by atoms with E-state index in [0.717, 1.165) is 11.3 Å². The van der Waals surface area contributed by atoms with Crippen molar-refractivity contribution in [2.24, 2.45) is 5.14 Å². The summed E-state index contributed by atoms with van der Waals surface area (Å²) in [6.45, 7) is -0.280. The maximum Gasteiger partial charge on any atom is 0.333 e. The maximum absolute atomic E-state index is 10.4. The van der Waals surface area contributed by atoms with Crippen LogP contribution in [0.4, 0.5) is 5.00 Å². The van der Waals surface area contributed by atoms with Crippen molar-refractivity contribution in [1.82, 2.24) is 0 Å². The van der Waals surface area contributed by atoms with Gasteiger partial charge in [-0.1, -0.05) is 11.3 Å². The molecule has 0 atom stereocenters. The van der Waals surface area contributed by atoms with Crippen LogP contribution in [0.1, 0.15) is 4.88 Å². The predicted octanol–water partition coefficient (Wildman–Crippen LogP) is 0.376. The Hall–Kier alpha value is -1.03. The van der Waals surface area contributed by atoms with Gasteiger partial charge in [0.05, 0.1) is 4.92 Å². The van der Waals surface area contributed by atoms with Gasteiger partial charge in [-0.2, -0.15) is 8.42 Å². The third-order valence-electron chi connectivity index (χ3n) is 1.19. The van der Waals surface area contributed by atoms with E-state index >= 15 is 0 Å². The molecular formula is C5H6N2O5S2. The van der Waals surface area contributed by atoms with Crippen molar-refractivity contribution in [2.45, 2.75) is 6.61 Å². The van der Waals surface area contributed by atoms with Gasteiger partial charge in [-0.25, -0.2) is 5.14 Å². The molecule has 0 fully saturated rings. The lowest BCUT2D eigenvalue weighted by Gasteiger charge is -1.95. The lowest BCUT2D eigenvalue weighted by atomic mass is 10.5. The summed E-state index contributed by atoms with van der Waals surface area (Å²) in [6, 6.07) is 2.68. The molecular weight excluding hydrogens is 232 g/mol. The summed E-state index contributed by atoms with van der Waals surface area (Å²) in [5.74, 6) is 0. The van der Waals surface area contributed by atoms with E-state index in [1.54, 1.807) is 0 Å². The molecule has 0 aliphatic heterocycles. The van der Waals surface area contributed by atoms with E-state index < -0.39 is 15.2 Å². The Balaban J connectivity index is 2.65. The summed E-state index contributed by atoms with van der Waals surface area (Å²) in [6.07, 6.45) is 0. The molecule has 0 radical (unpaired) electrons. The SMILES string of the molecule is NS(=O)(=O)OCc1ccc([N+](=O)[O-])s1. The Bertz CT molecular complexity index is 437. The standard InChI is InChI=1S/C5H6N2O5S2/c6-14(10,11)12-3-4-1-2-5(13-4)7(8)9/h1-2H,3H2,(H2,6,10,11). The van der Waals surface area contributed by atoms with Crippen molar-refractivity contribution >= 4 is 26.6 Å². The summed E-state index contributed by atoms with van der Waals surface area (Å²) < 4.78 is 25.0. The molecule has 0 spiro atoms. The molecule has 1 rings (SSSR count). The minimum Gasteiger partial charge on any atom is -0.258 e. The highest BCUT2D eigenvalue weighted by Crippen LogP contribution is 2.24. The van der Waals surface area contributed by atoms with Gasteiger partial charge in [-0.05, 0) is 6.07 Å². The van der Waals surface area contributed by atoms with Gasteiger partial charge in [0.2, 0.25) is 0 Å². The van der Waals surface area contributed by atoms with Crippen LogP contribution in [0.5, 0.6) is 0 Å². The zero-order valence-corrected chi connectivity index (χ0v) is 8.38. The summed E-state index contributed by atoms with van der Waals surface area (Å²) in [4.78, 5) is 10.1. The quantitative estimate of drug-likeness (QED) is 0.601. The smallest absolute Gasteiger partial charge is 0.258 e. The lowest BCUT2D eigenvalue weighted by Crippen LogP contribution is -2.15. The van der Waals surface area contributed by atoms with Crippen molar-refractivity contribution in [3.8, 4) is 0 Å². The van der Waals surface area contributed by atoms with Crippen LogP contribution in [0.3, 0.4) is 0 Å². The Kier molecular flexibility index (Phi) is 3.16. The van der Waals surface area contributed by atoms with E-state index in [9.17, 15) is 18.5 Å². The fraction of sp³-hybridized carbons (Fsp3) is 0.200. The second kappa shape index (κ2) is 4.00. The van der Waals surface area contributed by atoms with Gasteiger partial charge in [0.15, 0.2) is 0 Å². The first-order valence-corrected chi connectivity index (χ1v) is 5.57. The largest absolute Gasteiger partial charge is 0.333 e. The fourth-order valence-electron chi connectivity index (χ4n) is 0.683. The van der Waals surface area contributed by atoms with Crippen LogP contribution in [0.2, 0.25) is 0 Å². The average molecular weight is 238 g/mol. The number of nitrogens with two attached hydrogens (primary N) is 1. The first-order chi connectivity index (χ1) is 6.38. The number of nitro groups is 1.